The molecular weight excluding hydrogens is 530 g/mol. The second kappa shape index (κ2) is 13.1. The van der Waals surface area contributed by atoms with Crippen LogP contribution in [0.4, 0.5) is 26.3 Å². The van der Waals surface area contributed by atoms with Crippen molar-refractivity contribution in [2.75, 3.05) is 6.61 Å². The van der Waals surface area contributed by atoms with Crippen molar-refractivity contribution in [2.24, 2.45) is 0 Å². The Hall–Kier alpha value is -3.68. The molecule has 0 aliphatic carbocycles. The lowest BCUT2D eigenvalue weighted by atomic mass is 9.97. The summed E-state index contributed by atoms with van der Waals surface area (Å²) in [5.74, 6) is -2.23. The first-order valence-electron chi connectivity index (χ1n) is 13.3. The molecule has 4 aromatic rings. The zero-order valence-electron chi connectivity index (χ0n) is 22.1. The largest absolute Gasteiger partial charge is 0.573 e. The first-order chi connectivity index (χ1) is 19.1. The Kier molecular flexibility index (Phi) is 9.61. The lowest BCUT2D eigenvalue weighted by Crippen LogP contribution is -2.18. The van der Waals surface area contributed by atoms with Gasteiger partial charge >= 0.3 is 6.36 Å². The van der Waals surface area contributed by atoms with Crippen molar-refractivity contribution in [2.45, 2.75) is 58.2 Å². The second-order valence-corrected chi connectivity index (χ2v) is 9.72. The molecule has 0 aliphatic heterocycles. The van der Waals surface area contributed by atoms with Crippen LogP contribution in [0, 0.1) is 17.5 Å². The molecule has 0 aliphatic rings. The fourth-order valence-electron chi connectivity index (χ4n) is 4.56. The van der Waals surface area contributed by atoms with E-state index in [2.05, 4.69) is 11.7 Å². The zero-order chi connectivity index (χ0) is 28.7. The standard InChI is InChI=1S/C32H30F6O2/c1-2-3-4-17-39-26-14-13-23(28(33)20-26)9-5-21-7-15-27-25(18-21)12-11-24(31(27)35)10-6-22-8-16-30(29(34)19-22)40-32(36,37)38/h7-8,11-16,18-20H,2-6,9-10,17H2,1H3. The molecule has 4 rings (SSSR count). The number of rotatable bonds is 12. The summed E-state index contributed by atoms with van der Waals surface area (Å²) in [4.78, 5) is 0. The third kappa shape index (κ3) is 7.93. The van der Waals surface area contributed by atoms with E-state index in [9.17, 15) is 22.0 Å². The summed E-state index contributed by atoms with van der Waals surface area (Å²) in [5, 5.41) is 1.13. The van der Waals surface area contributed by atoms with Gasteiger partial charge in [0.25, 0.3) is 0 Å². The van der Waals surface area contributed by atoms with Gasteiger partial charge < -0.3 is 9.47 Å². The van der Waals surface area contributed by atoms with Crippen molar-refractivity contribution in [3.8, 4) is 11.5 Å². The molecule has 0 heterocycles. The number of hydrogen-bond donors (Lipinski definition) is 0. The van der Waals surface area contributed by atoms with Crippen LogP contribution < -0.4 is 9.47 Å². The number of fused-ring (bicyclic) bond motifs is 1. The van der Waals surface area contributed by atoms with Gasteiger partial charge in [-0.05, 0) is 77.9 Å². The molecule has 0 bridgehead atoms. The van der Waals surface area contributed by atoms with Gasteiger partial charge in [-0.25, -0.2) is 13.2 Å². The number of alkyl halides is 3. The van der Waals surface area contributed by atoms with Crippen LogP contribution in [0.2, 0.25) is 0 Å². The molecule has 8 heteroatoms. The predicted octanol–water partition coefficient (Wildman–Crippen LogP) is 9.30. The minimum absolute atomic E-state index is 0.234. The van der Waals surface area contributed by atoms with E-state index < -0.39 is 23.7 Å². The number of unbranched alkanes of at least 4 members (excludes halogenated alkanes) is 2. The Labute approximate surface area is 229 Å². The van der Waals surface area contributed by atoms with Crippen LogP contribution in [-0.4, -0.2) is 13.0 Å². The summed E-state index contributed by atoms with van der Waals surface area (Å²) in [6.45, 7) is 2.67. The monoisotopic (exact) mass is 560 g/mol. The highest BCUT2D eigenvalue weighted by molar-refractivity contribution is 5.84. The first-order valence-corrected chi connectivity index (χ1v) is 13.3. The van der Waals surface area contributed by atoms with E-state index in [4.69, 9.17) is 4.74 Å². The average molecular weight is 561 g/mol. The molecule has 0 saturated heterocycles. The molecule has 0 aromatic heterocycles. The van der Waals surface area contributed by atoms with E-state index in [0.717, 1.165) is 37.0 Å². The van der Waals surface area contributed by atoms with Crippen molar-refractivity contribution in [3.63, 3.8) is 0 Å². The Bertz CT molecular complexity index is 1450. The molecule has 0 unspecified atom stereocenters. The van der Waals surface area contributed by atoms with E-state index >= 15 is 4.39 Å². The van der Waals surface area contributed by atoms with Gasteiger partial charge in [-0.3, -0.25) is 0 Å². The van der Waals surface area contributed by atoms with Gasteiger partial charge in [0.15, 0.2) is 11.6 Å². The Morgan fingerprint density at radius 2 is 1.38 bits per heavy atom. The third-order valence-electron chi connectivity index (χ3n) is 6.73. The molecule has 0 saturated carbocycles. The van der Waals surface area contributed by atoms with Gasteiger partial charge in [0.05, 0.1) is 6.61 Å². The smallest absolute Gasteiger partial charge is 0.493 e. The molecule has 2 nitrogen and oxygen atoms in total. The van der Waals surface area contributed by atoms with E-state index in [0.29, 0.717) is 52.7 Å². The minimum Gasteiger partial charge on any atom is -0.493 e. The van der Waals surface area contributed by atoms with Gasteiger partial charge in [-0.2, -0.15) is 0 Å². The fraction of sp³-hybridized carbons (Fsp3) is 0.312. The van der Waals surface area contributed by atoms with Crippen LogP contribution in [0.5, 0.6) is 11.5 Å². The highest BCUT2D eigenvalue weighted by Crippen LogP contribution is 2.28. The number of benzene rings is 4. The lowest BCUT2D eigenvalue weighted by molar-refractivity contribution is -0.275. The minimum atomic E-state index is -4.99. The Balaban J connectivity index is 1.37. The summed E-state index contributed by atoms with van der Waals surface area (Å²) in [5.41, 5.74) is 2.35. The van der Waals surface area contributed by atoms with Crippen LogP contribution in [0.1, 0.15) is 48.4 Å². The summed E-state index contributed by atoms with van der Waals surface area (Å²) < 4.78 is 90.1. The first kappa shape index (κ1) is 29.3. The summed E-state index contributed by atoms with van der Waals surface area (Å²) in [6, 6.07) is 17.0. The Morgan fingerprint density at radius 3 is 2.08 bits per heavy atom. The maximum atomic E-state index is 15.2. The van der Waals surface area contributed by atoms with Crippen molar-refractivity contribution >= 4 is 10.8 Å². The van der Waals surface area contributed by atoms with Crippen molar-refractivity contribution in [1.82, 2.24) is 0 Å². The van der Waals surface area contributed by atoms with Gasteiger partial charge in [0.1, 0.15) is 17.4 Å². The van der Waals surface area contributed by atoms with Crippen molar-refractivity contribution in [3.05, 3.63) is 106 Å². The molecule has 0 N–H and O–H groups in total. The molecule has 0 fully saturated rings. The van der Waals surface area contributed by atoms with Crippen LogP contribution in [0.25, 0.3) is 10.8 Å². The summed E-state index contributed by atoms with van der Waals surface area (Å²) in [7, 11) is 0. The maximum absolute atomic E-state index is 15.2. The SMILES string of the molecule is CCCCCOc1ccc(CCc2ccc3c(F)c(CCc4ccc(OC(F)(F)F)c(F)c4)ccc3c2)c(F)c1. The molecule has 0 spiro atoms. The zero-order valence-corrected chi connectivity index (χ0v) is 22.1. The van der Waals surface area contributed by atoms with Gasteiger partial charge in [0, 0.05) is 11.5 Å². The third-order valence-corrected chi connectivity index (χ3v) is 6.73. The predicted molar refractivity (Wildman–Crippen MR) is 143 cm³/mol. The maximum Gasteiger partial charge on any atom is 0.573 e. The topological polar surface area (TPSA) is 18.5 Å². The number of hydrogen-bond acceptors (Lipinski definition) is 2. The highest BCUT2D eigenvalue weighted by Gasteiger charge is 2.32. The van der Waals surface area contributed by atoms with E-state index in [1.807, 2.05) is 12.1 Å². The normalized spacial score (nSPS) is 11.7. The number of halogens is 6. The molecule has 0 radical (unpaired) electrons. The van der Waals surface area contributed by atoms with E-state index in [-0.39, 0.29) is 18.7 Å². The lowest BCUT2D eigenvalue weighted by Gasteiger charge is -2.11. The van der Waals surface area contributed by atoms with Crippen LogP contribution in [0.15, 0.2) is 66.7 Å². The summed E-state index contributed by atoms with van der Waals surface area (Å²) >= 11 is 0. The van der Waals surface area contributed by atoms with E-state index in [1.165, 1.54) is 12.1 Å². The van der Waals surface area contributed by atoms with Crippen molar-refractivity contribution in [1.29, 1.82) is 0 Å². The molecule has 212 valence electrons. The Morgan fingerprint density at radius 1 is 0.675 bits per heavy atom. The van der Waals surface area contributed by atoms with Crippen molar-refractivity contribution < 1.29 is 35.8 Å². The van der Waals surface area contributed by atoms with Crippen LogP contribution in [0.3, 0.4) is 0 Å². The highest BCUT2D eigenvalue weighted by atomic mass is 19.4. The molecule has 0 amide bonds. The van der Waals surface area contributed by atoms with Crippen LogP contribution in [-0.2, 0) is 25.7 Å². The molecule has 4 aromatic carbocycles. The van der Waals surface area contributed by atoms with Gasteiger partial charge in [-0.15, -0.1) is 13.2 Å². The van der Waals surface area contributed by atoms with Gasteiger partial charge in [-0.1, -0.05) is 62.2 Å². The molecule has 40 heavy (non-hydrogen) atoms. The number of ether oxygens (including phenoxy) is 2. The average Bonchev–Trinajstić information content (AvgIpc) is 2.91. The molecular formula is C32H30F6O2. The fourth-order valence-corrected chi connectivity index (χ4v) is 4.56. The quantitative estimate of drug-likeness (QED) is 0.127. The van der Waals surface area contributed by atoms with Crippen LogP contribution >= 0.6 is 0 Å². The second-order valence-electron chi connectivity index (χ2n) is 9.72. The summed E-state index contributed by atoms with van der Waals surface area (Å²) in [6.07, 6.45) is -0.364. The number of aryl methyl sites for hydroxylation is 4. The van der Waals surface area contributed by atoms with E-state index in [1.54, 1.807) is 30.3 Å². The van der Waals surface area contributed by atoms with Gasteiger partial charge in [0.2, 0.25) is 0 Å². The molecule has 0 atom stereocenters.